The molecule has 3 rings (SSSR count). The van der Waals surface area contributed by atoms with Gasteiger partial charge in [0.2, 0.25) is 0 Å². The molecule has 0 saturated heterocycles. The molecule has 2 aromatic rings. The van der Waals surface area contributed by atoms with Gasteiger partial charge in [-0.25, -0.2) is 0 Å². The van der Waals surface area contributed by atoms with Crippen LogP contribution in [0.5, 0.6) is 5.75 Å². The zero-order valence-electron chi connectivity index (χ0n) is 15.3. The number of fused-ring (bicyclic) bond motifs is 1. The topological polar surface area (TPSA) is 53.0 Å². The highest BCUT2D eigenvalue weighted by atomic mass is 32.2. The Morgan fingerprint density at radius 2 is 1.85 bits per heavy atom. The van der Waals surface area contributed by atoms with Gasteiger partial charge < -0.3 is 14.7 Å². The number of ketones is 1. The highest BCUT2D eigenvalue weighted by Crippen LogP contribution is 2.41. The first-order chi connectivity index (χ1) is 12.5. The summed E-state index contributed by atoms with van der Waals surface area (Å²) in [7, 11) is 5.59. The molecule has 1 N–H and O–H groups in total. The van der Waals surface area contributed by atoms with Crippen LogP contribution < -0.4 is 9.04 Å². The van der Waals surface area contributed by atoms with Crippen molar-refractivity contribution >= 4 is 23.4 Å². The van der Waals surface area contributed by atoms with E-state index in [-0.39, 0.29) is 11.7 Å². The number of Topliss-reactive ketones (excluding diaryl/α,β-unsaturated/α-hetero) is 1. The predicted octanol–water partition coefficient (Wildman–Crippen LogP) is 3.15. The van der Waals surface area contributed by atoms with Gasteiger partial charge in [0.1, 0.15) is 5.75 Å². The molecule has 1 aliphatic rings. The Bertz CT molecular complexity index is 764. The van der Waals surface area contributed by atoms with E-state index in [9.17, 15) is 9.90 Å². The highest BCUT2D eigenvalue weighted by molar-refractivity contribution is 8.00. The van der Waals surface area contributed by atoms with Gasteiger partial charge in [-0.15, -0.1) is 0 Å². The van der Waals surface area contributed by atoms with Crippen LogP contribution in [-0.4, -0.2) is 49.8 Å². The van der Waals surface area contributed by atoms with Gasteiger partial charge in [-0.05, 0) is 74.9 Å². The fraction of sp³-hybridized carbons (Fsp3) is 0.350. The standard InChI is InChI=1S/C20H24N2O3S/c1-21(2)13-12-17-16-6-4-5-7-18(16)26-22(20(24)19(17)23)14-8-10-15(25-3)11-9-14/h4-11,17,20,24H,12-13H2,1-3H3. The van der Waals surface area contributed by atoms with Gasteiger partial charge in [-0.3, -0.25) is 9.10 Å². The van der Waals surface area contributed by atoms with Gasteiger partial charge in [0.15, 0.2) is 12.0 Å². The molecule has 138 valence electrons. The molecule has 1 heterocycles. The number of methoxy groups -OCH3 is 1. The Morgan fingerprint density at radius 3 is 2.50 bits per heavy atom. The maximum absolute atomic E-state index is 13.1. The monoisotopic (exact) mass is 372 g/mol. The summed E-state index contributed by atoms with van der Waals surface area (Å²) in [5.74, 6) is 0.248. The highest BCUT2D eigenvalue weighted by Gasteiger charge is 2.36. The van der Waals surface area contributed by atoms with Crippen LogP contribution in [0.3, 0.4) is 0 Å². The van der Waals surface area contributed by atoms with Gasteiger partial charge in [0, 0.05) is 10.8 Å². The third-order valence-electron chi connectivity index (χ3n) is 4.50. The van der Waals surface area contributed by atoms with Crippen LogP contribution in [0.2, 0.25) is 0 Å². The summed E-state index contributed by atoms with van der Waals surface area (Å²) in [6, 6.07) is 15.3. The van der Waals surface area contributed by atoms with Gasteiger partial charge in [0.05, 0.1) is 12.8 Å². The zero-order chi connectivity index (χ0) is 18.7. The molecular formula is C20H24N2O3S. The van der Waals surface area contributed by atoms with Gasteiger partial charge in [0.25, 0.3) is 0 Å². The normalized spacial score (nSPS) is 20.0. The number of hydrogen-bond acceptors (Lipinski definition) is 6. The van der Waals surface area contributed by atoms with Crippen molar-refractivity contribution in [2.24, 2.45) is 0 Å². The minimum atomic E-state index is -1.20. The van der Waals surface area contributed by atoms with Gasteiger partial charge in [-0.2, -0.15) is 0 Å². The number of hydrogen-bond donors (Lipinski definition) is 1. The number of ether oxygens (including phenoxy) is 1. The summed E-state index contributed by atoms with van der Waals surface area (Å²) in [6.07, 6.45) is -0.523. The first kappa shape index (κ1) is 18.8. The maximum atomic E-state index is 13.1. The summed E-state index contributed by atoms with van der Waals surface area (Å²) < 4.78 is 6.87. The third kappa shape index (κ3) is 3.87. The lowest BCUT2D eigenvalue weighted by atomic mass is 9.90. The zero-order valence-corrected chi connectivity index (χ0v) is 16.1. The first-order valence-electron chi connectivity index (χ1n) is 8.58. The number of aliphatic hydroxyl groups excluding tert-OH is 1. The number of carbonyl (C=O) groups excluding carboxylic acids is 1. The molecular weight excluding hydrogens is 348 g/mol. The van der Waals surface area contributed by atoms with E-state index in [2.05, 4.69) is 4.90 Å². The summed E-state index contributed by atoms with van der Waals surface area (Å²) in [6.45, 7) is 0.782. The first-order valence-corrected chi connectivity index (χ1v) is 9.35. The van der Waals surface area contributed by atoms with Crippen molar-refractivity contribution in [3.8, 4) is 5.75 Å². The average molecular weight is 372 g/mol. The molecule has 0 radical (unpaired) electrons. The van der Waals surface area contributed by atoms with Gasteiger partial charge >= 0.3 is 0 Å². The molecule has 0 amide bonds. The van der Waals surface area contributed by atoms with Crippen molar-refractivity contribution in [1.29, 1.82) is 0 Å². The van der Waals surface area contributed by atoms with E-state index >= 15 is 0 Å². The molecule has 2 atom stereocenters. The van der Waals surface area contributed by atoms with Crippen molar-refractivity contribution in [3.63, 3.8) is 0 Å². The van der Waals surface area contributed by atoms with Crippen molar-refractivity contribution in [2.45, 2.75) is 23.5 Å². The minimum Gasteiger partial charge on any atom is -0.497 e. The Balaban J connectivity index is 1.97. The lowest BCUT2D eigenvalue weighted by Crippen LogP contribution is -2.38. The van der Waals surface area contributed by atoms with Crippen LogP contribution in [0.4, 0.5) is 5.69 Å². The number of rotatable bonds is 5. The molecule has 6 heteroatoms. The molecule has 0 fully saturated rings. The summed E-state index contributed by atoms with van der Waals surface area (Å²) >= 11 is 1.40. The minimum absolute atomic E-state index is 0.167. The fourth-order valence-corrected chi connectivity index (χ4v) is 4.16. The maximum Gasteiger partial charge on any atom is 0.197 e. The second-order valence-electron chi connectivity index (χ2n) is 6.57. The van der Waals surface area contributed by atoms with E-state index in [0.717, 1.165) is 28.4 Å². The van der Waals surface area contributed by atoms with Crippen molar-refractivity contribution in [1.82, 2.24) is 4.90 Å². The molecule has 2 unspecified atom stereocenters. The third-order valence-corrected chi connectivity index (χ3v) is 5.68. The van der Waals surface area contributed by atoms with E-state index < -0.39 is 6.23 Å². The Hall–Kier alpha value is -2.02. The number of carbonyl (C=O) groups is 1. The molecule has 0 aliphatic carbocycles. The summed E-state index contributed by atoms with van der Waals surface area (Å²) in [5.41, 5.74) is 1.75. The fourth-order valence-electron chi connectivity index (χ4n) is 3.06. The number of anilines is 1. The Kier molecular flexibility index (Phi) is 5.86. The predicted molar refractivity (Wildman–Crippen MR) is 105 cm³/mol. The molecule has 0 saturated carbocycles. The number of aliphatic hydroxyl groups is 1. The van der Waals surface area contributed by atoms with Crippen molar-refractivity contribution < 1.29 is 14.6 Å². The molecule has 0 bridgehead atoms. The lowest BCUT2D eigenvalue weighted by molar-refractivity contribution is -0.128. The van der Waals surface area contributed by atoms with E-state index in [1.54, 1.807) is 11.4 Å². The second kappa shape index (κ2) is 8.12. The van der Waals surface area contributed by atoms with Crippen LogP contribution in [0, 0.1) is 0 Å². The van der Waals surface area contributed by atoms with Crippen LogP contribution in [0.25, 0.3) is 0 Å². The average Bonchev–Trinajstić information content (AvgIpc) is 2.76. The van der Waals surface area contributed by atoms with Gasteiger partial charge in [-0.1, -0.05) is 18.2 Å². The quantitative estimate of drug-likeness (QED) is 0.814. The molecule has 26 heavy (non-hydrogen) atoms. The van der Waals surface area contributed by atoms with E-state index in [4.69, 9.17) is 4.74 Å². The SMILES string of the molecule is COc1ccc(N2Sc3ccccc3C(CCN(C)C)C(=O)C2O)cc1. The molecule has 0 spiro atoms. The van der Waals surface area contributed by atoms with Crippen LogP contribution in [-0.2, 0) is 4.79 Å². The summed E-state index contributed by atoms with van der Waals surface area (Å²) in [4.78, 5) is 16.1. The van der Waals surface area contributed by atoms with Crippen LogP contribution in [0.1, 0.15) is 17.9 Å². The van der Waals surface area contributed by atoms with E-state index in [1.165, 1.54) is 11.9 Å². The Morgan fingerprint density at radius 1 is 1.15 bits per heavy atom. The molecule has 5 nitrogen and oxygen atoms in total. The smallest absolute Gasteiger partial charge is 0.197 e. The van der Waals surface area contributed by atoms with Crippen molar-refractivity contribution in [3.05, 3.63) is 54.1 Å². The number of nitrogens with zero attached hydrogens (tertiary/aromatic N) is 2. The molecule has 2 aromatic carbocycles. The number of benzene rings is 2. The summed E-state index contributed by atoms with van der Waals surface area (Å²) in [5, 5.41) is 10.8. The van der Waals surface area contributed by atoms with Crippen LogP contribution in [0.15, 0.2) is 53.4 Å². The molecule has 0 aromatic heterocycles. The molecule has 1 aliphatic heterocycles. The van der Waals surface area contributed by atoms with Crippen molar-refractivity contribution in [2.75, 3.05) is 32.1 Å². The lowest BCUT2D eigenvalue weighted by Gasteiger charge is -2.26. The second-order valence-corrected chi connectivity index (χ2v) is 7.59. The Labute approximate surface area is 158 Å². The largest absolute Gasteiger partial charge is 0.497 e. The van der Waals surface area contributed by atoms with E-state index in [0.29, 0.717) is 6.42 Å². The van der Waals surface area contributed by atoms with E-state index in [1.807, 2.05) is 62.6 Å². The van der Waals surface area contributed by atoms with Crippen LogP contribution >= 0.6 is 11.9 Å².